The van der Waals surface area contributed by atoms with Gasteiger partial charge in [0.2, 0.25) is 0 Å². The molecule has 7 heteroatoms. The first-order chi connectivity index (χ1) is 9.13. The van der Waals surface area contributed by atoms with Crippen molar-refractivity contribution in [3.05, 3.63) is 33.9 Å². The van der Waals surface area contributed by atoms with Crippen molar-refractivity contribution in [2.24, 2.45) is 0 Å². The van der Waals surface area contributed by atoms with Crippen molar-refractivity contribution in [2.75, 3.05) is 38.3 Å². The van der Waals surface area contributed by atoms with Crippen LogP contribution in [0.4, 0.5) is 11.4 Å². The van der Waals surface area contributed by atoms with E-state index in [0.717, 1.165) is 0 Å². The molecule has 0 aliphatic carbocycles. The lowest BCUT2D eigenvalue weighted by atomic mass is 10.1. The summed E-state index contributed by atoms with van der Waals surface area (Å²) in [6.07, 6.45) is 0. The molecule has 1 saturated heterocycles. The number of nitro benzene ring substituents is 1. The van der Waals surface area contributed by atoms with E-state index in [1.165, 1.54) is 19.2 Å². The molecule has 2 rings (SSSR count). The van der Waals surface area contributed by atoms with Crippen LogP contribution in [0.3, 0.4) is 0 Å². The first kappa shape index (κ1) is 13.3. The van der Waals surface area contributed by atoms with Gasteiger partial charge in [-0.1, -0.05) is 0 Å². The van der Waals surface area contributed by atoms with Crippen LogP contribution in [0.5, 0.6) is 0 Å². The van der Waals surface area contributed by atoms with Crippen LogP contribution in [0.25, 0.3) is 0 Å². The van der Waals surface area contributed by atoms with Crippen molar-refractivity contribution in [3.8, 4) is 0 Å². The van der Waals surface area contributed by atoms with Gasteiger partial charge in [0.1, 0.15) is 0 Å². The number of carbonyl (C=O) groups excluding carboxylic acids is 1. The number of anilines is 1. The third-order valence-electron chi connectivity index (χ3n) is 3.01. The normalized spacial score (nSPS) is 15.1. The Bertz CT molecular complexity index is 498. The second-order valence-electron chi connectivity index (χ2n) is 4.14. The average Bonchev–Trinajstić information content (AvgIpc) is 2.46. The number of ether oxygens (including phenoxy) is 1. The van der Waals surface area contributed by atoms with E-state index in [1.807, 2.05) is 4.90 Å². The first-order valence-corrected chi connectivity index (χ1v) is 5.96. The van der Waals surface area contributed by atoms with E-state index >= 15 is 0 Å². The zero-order valence-electron chi connectivity index (χ0n) is 10.6. The van der Waals surface area contributed by atoms with Crippen LogP contribution in [-0.4, -0.2) is 44.2 Å². The summed E-state index contributed by atoms with van der Waals surface area (Å²) in [6, 6.07) is 4.34. The molecule has 0 saturated carbocycles. The summed E-state index contributed by atoms with van der Waals surface area (Å²) in [5.74, 6) is -0.329. The smallest absolute Gasteiger partial charge is 0.270 e. The van der Waals surface area contributed by atoms with Gasteiger partial charge in [0.15, 0.2) is 0 Å². The van der Waals surface area contributed by atoms with Crippen molar-refractivity contribution < 1.29 is 14.5 Å². The molecule has 1 aliphatic heterocycles. The van der Waals surface area contributed by atoms with Gasteiger partial charge in [0.25, 0.3) is 11.6 Å². The Balaban J connectivity index is 2.40. The quantitative estimate of drug-likeness (QED) is 0.645. The van der Waals surface area contributed by atoms with E-state index in [4.69, 9.17) is 4.74 Å². The molecule has 1 aromatic carbocycles. The second-order valence-corrected chi connectivity index (χ2v) is 4.14. The predicted octanol–water partition coefficient (Wildman–Crippen LogP) is 0.791. The molecule has 1 heterocycles. The number of nitro groups is 1. The van der Waals surface area contributed by atoms with Gasteiger partial charge in [0.05, 0.1) is 29.4 Å². The summed E-state index contributed by atoms with van der Waals surface area (Å²) in [5.41, 5.74) is 0.933. The van der Waals surface area contributed by atoms with Crippen LogP contribution in [-0.2, 0) is 4.74 Å². The molecule has 0 unspecified atom stereocenters. The lowest BCUT2D eigenvalue weighted by Gasteiger charge is -2.30. The number of carbonyl (C=O) groups is 1. The van der Waals surface area contributed by atoms with Crippen molar-refractivity contribution in [1.82, 2.24) is 5.32 Å². The van der Waals surface area contributed by atoms with E-state index in [2.05, 4.69) is 5.32 Å². The van der Waals surface area contributed by atoms with E-state index in [0.29, 0.717) is 37.6 Å². The lowest BCUT2D eigenvalue weighted by molar-refractivity contribution is -0.384. The van der Waals surface area contributed by atoms with Crippen molar-refractivity contribution in [2.45, 2.75) is 0 Å². The Hall–Kier alpha value is -2.15. The van der Waals surface area contributed by atoms with Gasteiger partial charge in [-0.15, -0.1) is 0 Å². The Morgan fingerprint density at radius 2 is 2.11 bits per heavy atom. The fourth-order valence-corrected chi connectivity index (χ4v) is 2.03. The maximum absolute atomic E-state index is 11.9. The van der Waals surface area contributed by atoms with E-state index in [9.17, 15) is 14.9 Å². The maximum atomic E-state index is 11.9. The largest absolute Gasteiger partial charge is 0.378 e. The number of benzene rings is 1. The Kier molecular flexibility index (Phi) is 3.96. The molecule has 1 aromatic rings. The number of morpholine rings is 1. The molecular weight excluding hydrogens is 250 g/mol. The molecule has 1 N–H and O–H groups in total. The van der Waals surface area contributed by atoms with E-state index < -0.39 is 4.92 Å². The monoisotopic (exact) mass is 265 g/mol. The summed E-state index contributed by atoms with van der Waals surface area (Å²) in [5, 5.41) is 13.3. The lowest BCUT2D eigenvalue weighted by Crippen LogP contribution is -2.37. The summed E-state index contributed by atoms with van der Waals surface area (Å²) in [7, 11) is 1.50. The Labute approximate surface area is 110 Å². The summed E-state index contributed by atoms with van der Waals surface area (Å²) < 4.78 is 5.26. The summed E-state index contributed by atoms with van der Waals surface area (Å²) in [4.78, 5) is 24.1. The molecule has 1 aliphatic rings. The molecular formula is C12H15N3O4. The number of hydrogen-bond acceptors (Lipinski definition) is 5. The SMILES string of the molecule is CNC(=O)c1cc([N+](=O)[O-])ccc1N1CCOCC1. The van der Waals surface area contributed by atoms with Gasteiger partial charge in [-0.25, -0.2) is 0 Å². The predicted molar refractivity (Wildman–Crippen MR) is 69.5 cm³/mol. The van der Waals surface area contributed by atoms with Crippen LogP contribution in [0.15, 0.2) is 18.2 Å². The molecule has 0 aromatic heterocycles. The summed E-state index contributed by atoms with van der Waals surface area (Å²) >= 11 is 0. The molecule has 7 nitrogen and oxygen atoms in total. The topological polar surface area (TPSA) is 84.7 Å². The number of hydrogen-bond donors (Lipinski definition) is 1. The highest BCUT2D eigenvalue weighted by atomic mass is 16.6. The molecule has 102 valence electrons. The minimum Gasteiger partial charge on any atom is -0.378 e. The minimum atomic E-state index is -0.504. The fourth-order valence-electron chi connectivity index (χ4n) is 2.03. The molecule has 0 spiro atoms. The average molecular weight is 265 g/mol. The van der Waals surface area contributed by atoms with Crippen molar-refractivity contribution in [1.29, 1.82) is 0 Å². The van der Waals surface area contributed by atoms with Gasteiger partial charge in [-0.05, 0) is 6.07 Å². The van der Waals surface area contributed by atoms with Crippen molar-refractivity contribution >= 4 is 17.3 Å². The second kappa shape index (κ2) is 5.66. The first-order valence-electron chi connectivity index (χ1n) is 5.96. The number of rotatable bonds is 3. The van der Waals surface area contributed by atoms with Gasteiger partial charge >= 0.3 is 0 Å². The molecule has 0 atom stereocenters. The van der Waals surface area contributed by atoms with Crippen LogP contribution < -0.4 is 10.2 Å². The van der Waals surface area contributed by atoms with Crippen molar-refractivity contribution in [3.63, 3.8) is 0 Å². The van der Waals surface area contributed by atoms with E-state index in [-0.39, 0.29) is 11.6 Å². The Morgan fingerprint density at radius 1 is 1.42 bits per heavy atom. The fraction of sp³-hybridized carbons (Fsp3) is 0.417. The maximum Gasteiger partial charge on any atom is 0.270 e. The van der Waals surface area contributed by atoms with Crippen LogP contribution >= 0.6 is 0 Å². The third kappa shape index (κ3) is 2.82. The van der Waals surface area contributed by atoms with Gasteiger partial charge in [0, 0.05) is 32.3 Å². The van der Waals surface area contributed by atoms with Crippen LogP contribution in [0, 0.1) is 10.1 Å². The number of non-ortho nitro benzene ring substituents is 1. The molecule has 1 amide bonds. The number of nitrogens with zero attached hydrogens (tertiary/aromatic N) is 2. The molecule has 19 heavy (non-hydrogen) atoms. The van der Waals surface area contributed by atoms with Gasteiger partial charge < -0.3 is 15.0 Å². The molecule has 0 bridgehead atoms. The highest BCUT2D eigenvalue weighted by Crippen LogP contribution is 2.26. The highest BCUT2D eigenvalue weighted by Gasteiger charge is 2.21. The standard InChI is InChI=1S/C12H15N3O4/c1-13-12(16)10-8-9(15(17)18)2-3-11(10)14-4-6-19-7-5-14/h2-3,8H,4-7H2,1H3,(H,13,16). The van der Waals surface area contributed by atoms with Crippen LogP contribution in [0.2, 0.25) is 0 Å². The molecule has 0 radical (unpaired) electrons. The number of amides is 1. The minimum absolute atomic E-state index is 0.0874. The van der Waals surface area contributed by atoms with Gasteiger partial charge in [-0.2, -0.15) is 0 Å². The number of nitrogens with one attached hydrogen (secondary N) is 1. The Morgan fingerprint density at radius 3 is 2.68 bits per heavy atom. The third-order valence-corrected chi connectivity index (χ3v) is 3.01. The van der Waals surface area contributed by atoms with Crippen LogP contribution in [0.1, 0.15) is 10.4 Å². The summed E-state index contributed by atoms with van der Waals surface area (Å²) in [6.45, 7) is 2.51. The van der Waals surface area contributed by atoms with Gasteiger partial charge in [-0.3, -0.25) is 14.9 Å². The molecule has 1 fully saturated rings. The van der Waals surface area contributed by atoms with E-state index in [1.54, 1.807) is 6.07 Å². The highest BCUT2D eigenvalue weighted by molar-refractivity contribution is 6.00. The zero-order chi connectivity index (χ0) is 13.8. The zero-order valence-corrected chi connectivity index (χ0v) is 10.6.